The van der Waals surface area contributed by atoms with Gasteiger partial charge in [-0.3, -0.25) is 0 Å². The fourth-order valence-corrected chi connectivity index (χ4v) is 1.99. The van der Waals surface area contributed by atoms with Crippen LogP contribution in [0.2, 0.25) is 0 Å². The highest BCUT2D eigenvalue weighted by molar-refractivity contribution is 6.62. The summed E-state index contributed by atoms with van der Waals surface area (Å²) in [7, 11) is 1.20. The van der Waals surface area contributed by atoms with E-state index in [1.165, 1.54) is 0 Å². The van der Waals surface area contributed by atoms with Crippen molar-refractivity contribution in [3.05, 3.63) is 17.8 Å². The van der Waals surface area contributed by atoms with Crippen LogP contribution in [0, 0.1) is 0 Å². The maximum atomic E-state index is 6.02. The van der Waals surface area contributed by atoms with Gasteiger partial charge >= 0.3 is 7.12 Å². The molecule has 0 radical (unpaired) electrons. The topological polar surface area (TPSA) is 66.6 Å². The van der Waals surface area contributed by atoms with Crippen LogP contribution in [0.1, 0.15) is 33.3 Å². The van der Waals surface area contributed by atoms with E-state index in [1.54, 1.807) is 19.4 Å². The zero-order valence-corrected chi connectivity index (χ0v) is 12.2. The number of pyridine rings is 1. The van der Waals surface area contributed by atoms with Crippen LogP contribution < -0.4 is 11.2 Å². The van der Waals surface area contributed by atoms with E-state index >= 15 is 0 Å². The largest absolute Gasteiger partial charge is 0.496 e. The molecule has 6 heteroatoms. The molecule has 1 aliphatic heterocycles. The lowest BCUT2D eigenvalue weighted by atomic mass is 9.77. The van der Waals surface area contributed by atoms with Gasteiger partial charge in [-0.05, 0) is 39.3 Å². The van der Waals surface area contributed by atoms with Crippen LogP contribution >= 0.6 is 0 Å². The Morgan fingerprint density at radius 2 is 1.84 bits per heavy atom. The van der Waals surface area contributed by atoms with Gasteiger partial charge in [-0.25, -0.2) is 4.98 Å². The summed E-state index contributed by atoms with van der Waals surface area (Å²) in [5.41, 5.74) is 6.78. The molecule has 2 N–H and O–H groups in total. The van der Waals surface area contributed by atoms with Gasteiger partial charge in [-0.1, -0.05) is 0 Å². The van der Waals surface area contributed by atoms with Gasteiger partial charge in [0, 0.05) is 18.8 Å². The lowest BCUT2D eigenvalue weighted by Gasteiger charge is -2.32. The fourth-order valence-electron chi connectivity index (χ4n) is 1.99. The number of ether oxygens (including phenoxy) is 1. The normalized spacial score (nSPS) is 20.8. The summed E-state index contributed by atoms with van der Waals surface area (Å²) in [6.45, 7) is 8.54. The molecule has 1 aromatic heterocycles. The van der Waals surface area contributed by atoms with E-state index in [4.69, 9.17) is 19.8 Å². The predicted molar refractivity (Wildman–Crippen MR) is 75.1 cm³/mol. The van der Waals surface area contributed by atoms with Gasteiger partial charge in [0.25, 0.3) is 0 Å². The van der Waals surface area contributed by atoms with Gasteiger partial charge in [-0.15, -0.1) is 0 Å². The summed E-state index contributed by atoms with van der Waals surface area (Å²) < 4.78 is 17.2. The molecule has 0 aliphatic carbocycles. The SMILES string of the molecule is COCc1cc(N)ncc1B1OC(C)(C)C(C)(C)O1. The Morgan fingerprint density at radius 1 is 1.26 bits per heavy atom. The van der Waals surface area contributed by atoms with E-state index in [9.17, 15) is 0 Å². The average Bonchev–Trinajstić information content (AvgIpc) is 2.48. The zero-order valence-electron chi connectivity index (χ0n) is 12.2. The molecule has 0 bridgehead atoms. The van der Waals surface area contributed by atoms with Crippen molar-refractivity contribution in [2.24, 2.45) is 0 Å². The minimum Gasteiger partial charge on any atom is -0.399 e. The third kappa shape index (κ3) is 2.61. The molecule has 1 aliphatic rings. The van der Waals surface area contributed by atoms with Crippen LogP contribution in [0.4, 0.5) is 5.82 Å². The van der Waals surface area contributed by atoms with Crippen LogP contribution in [-0.2, 0) is 20.7 Å². The number of rotatable bonds is 3. The molecule has 0 unspecified atom stereocenters. The van der Waals surface area contributed by atoms with Crippen molar-refractivity contribution in [3.8, 4) is 0 Å². The lowest BCUT2D eigenvalue weighted by Crippen LogP contribution is -2.41. The van der Waals surface area contributed by atoms with Crippen LogP contribution in [0.3, 0.4) is 0 Å². The van der Waals surface area contributed by atoms with E-state index in [0.717, 1.165) is 11.0 Å². The Morgan fingerprint density at radius 3 is 2.37 bits per heavy atom. The number of methoxy groups -OCH3 is 1. The quantitative estimate of drug-likeness (QED) is 0.828. The maximum Gasteiger partial charge on any atom is 0.496 e. The number of nitrogens with two attached hydrogens (primary N) is 1. The number of nitrogen functional groups attached to an aromatic ring is 1. The summed E-state index contributed by atoms with van der Waals surface area (Å²) in [6.07, 6.45) is 1.70. The highest BCUT2D eigenvalue weighted by atomic mass is 16.7. The summed E-state index contributed by atoms with van der Waals surface area (Å²) in [6, 6.07) is 1.80. The third-order valence-electron chi connectivity index (χ3n) is 3.85. The maximum absolute atomic E-state index is 6.02. The molecule has 0 saturated carbocycles. The first-order chi connectivity index (χ1) is 8.77. The van der Waals surface area contributed by atoms with E-state index < -0.39 is 7.12 Å². The molecule has 0 spiro atoms. The lowest BCUT2D eigenvalue weighted by molar-refractivity contribution is 0.00578. The van der Waals surface area contributed by atoms with Gasteiger partial charge < -0.3 is 19.8 Å². The molecule has 2 rings (SSSR count). The number of nitrogens with zero attached hydrogens (tertiary/aromatic N) is 1. The molecule has 1 saturated heterocycles. The zero-order chi connectivity index (χ0) is 14.3. The first-order valence-electron chi connectivity index (χ1n) is 6.36. The monoisotopic (exact) mass is 264 g/mol. The van der Waals surface area contributed by atoms with Gasteiger partial charge in [0.2, 0.25) is 0 Å². The van der Waals surface area contributed by atoms with Crippen LogP contribution in [0.25, 0.3) is 0 Å². The summed E-state index contributed by atoms with van der Waals surface area (Å²) in [4.78, 5) is 4.12. The Bertz CT molecular complexity index is 461. The van der Waals surface area contributed by atoms with Crippen molar-refractivity contribution in [2.75, 3.05) is 12.8 Å². The van der Waals surface area contributed by atoms with Crippen LogP contribution in [-0.4, -0.2) is 30.4 Å². The molecule has 0 aromatic carbocycles. The highest BCUT2D eigenvalue weighted by Crippen LogP contribution is 2.36. The third-order valence-corrected chi connectivity index (χ3v) is 3.85. The number of hydrogen-bond donors (Lipinski definition) is 1. The van der Waals surface area contributed by atoms with Gasteiger partial charge in [-0.2, -0.15) is 0 Å². The molecular formula is C13H21BN2O3. The molecule has 1 fully saturated rings. The Kier molecular flexibility index (Phi) is 3.60. The molecule has 5 nitrogen and oxygen atoms in total. The molecule has 0 amide bonds. The summed E-state index contributed by atoms with van der Waals surface area (Å²) >= 11 is 0. The van der Waals surface area contributed by atoms with Crippen molar-refractivity contribution in [1.29, 1.82) is 0 Å². The van der Waals surface area contributed by atoms with Crippen molar-refractivity contribution < 1.29 is 14.0 Å². The van der Waals surface area contributed by atoms with E-state index in [1.807, 2.05) is 27.7 Å². The standard InChI is InChI=1S/C13H21BN2O3/c1-12(2)13(3,4)19-14(18-12)10-7-16-11(15)6-9(10)8-17-5/h6-7H,8H2,1-5H3,(H2,15,16). The molecule has 19 heavy (non-hydrogen) atoms. The molecule has 2 heterocycles. The number of anilines is 1. The smallest absolute Gasteiger partial charge is 0.399 e. The number of hydrogen-bond acceptors (Lipinski definition) is 5. The van der Waals surface area contributed by atoms with E-state index in [0.29, 0.717) is 12.4 Å². The minimum atomic E-state index is -0.441. The summed E-state index contributed by atoms with van der Waals surface area (Å²) in [5, 5.41) is 0. The van der Waals surface area contributed by atoms with Crippen LogP contribution in [0.15, 0.2) is 12.3 Å². The van der Waals surface area contributed by atoms with Crippen LogP contribution in [0.5, 0.6) is 0 Å². The molecular weight excluding hydrogens is 243 g/mol. The van der Waals surface area contributed by atoms with Crippen molar-refractivity contribution in [2.45, 2.75) is 45.5 Å². The second-order valence-electron chi connectivity index (χ2n) is 5.83. The van der Waals surface area contributed by atoms with Crippen molar-refractivity contribution in [1.82, 2.24) is 4.98 Å². The first kappa shape index (κ1) is 14.3. The average molecular weight is 264 g/mol. The predicted octanol–water partition coefficient (Wildman–Crippen LogP) is 1.11. The Balaban J connectivity index is 2.34. The van der Waals surface area contributed by atoms with Gasteiger partial charge in [0.1, 0.15) is 5.82 Å². The van der Waals surface area contributed by atoms with Gasteiger partial charge in [0.05, 0.1) is 17.8 Å². The molecule has 1 aromatic rings. The summed E-state index contributed by atoms with van der Waals surface area (Å²) in [5.74, 6) is 0.465. The second kappa shape index (κ2) is 4.78. The van der Waals surface area contributed by atoms with Gasteiger partial charge in [0.15, 0.2) is 0 Å². The first-order valence-corrected chi connectivity index (χ1v) is 6.36. The van der Waals surface area contributed by atoms with Crippen molar-refractivity contribution in [3.63, 3.8) is 0 Å². The second-order valence-corrected chi connectivity index (χ2v) is 5.83. The van der Waals surface area contributed by atoms with E-state index in [2.05, 4.69) is 4.98 Å². The minimum absolute atomic E-state index is 0.372. The Hall–Kier alpha value is -1.11. The molecule has 0 atom stereocenters. The number of aromatic nitrogens is 1. The van der Waals surface area contributed by atoms with Crippen molar-refractivity contribution >= 4 is 18.4 Å². The Labute approximate surface area is 114 Å². The van der Waals surface area contributed by atoms with E-state index in [-0.39, 0.29) is 11.2 Å². The molecule has 104 valence electrons. The highest BCUT2D eigenvalue weighted by Gasteiger charge is 2.52. The fraction of sp³-hybridized carbons (Fsp3) is 0.615.